The fourth-order valence-electron chi connectivity index (χ4n) is 2.63. The van der Waals surface area contributed by atoms with Gasteiger partial charge in [0.1, 0.15) is 11.5 Å². The van der Waals surface area contributed by atoms with Crippen molar-refractivity contribution in [3.63, 3.8) is 0 Å². The number of aromatic nitrogens is 1. The molecule has 0 aliphatic carbocycles. The van der Waals surface area contributed by atoms with Crippen LogP contribution in [0, 0.1) is 0 Å². The van der Waals surface area contributed by atoms with E-state index in [4.69, 9.17) is 9.47 Å². The van der Waals surface area contributed by atoms with Crippen LogP contribution in [0.2, 0.25) is 0 Å². The third-order valence-corrected chi connectivity index (χ3v) is 3.95. The molecule has 4 aromatic rings. The lowest BCUT2D eigenvalue weighted by Gasteiger charge is -2.06. The molecular formula is C24H18N2O2. The summed E-state index contributed by atoms with van der Waals surface area (Å²) in [5.41, 5.74) is 1.70. The molecule has 4 nitrogen and oxygen atoms in total. The van der Waals surface area contributed by atoms with Crippen LogP contribution in [-0.4, -0.2) is 10.9 Å². The highest BCUT2D eigenvalue weighted by Gasteiger charge is 2.02. The summed E-state index contributed by atoms with van der Waals surface area (Å²) in [6, 6.07) is 28.8. The molecule has 0 spiro atoms. The maximum absolute atomic E-state index is 5.94. The van der Waals surface area contributed by atoms with E-state index in [0.717, 1.165) is 22.3 Å². The quantitative estimate of drug-likeness (QED) is 0.249. The van der Waals surface area contributed by atoms with E-state index >= 15 is 0 Å². The average Bonchev–Trinajstić information content (AvgIpc) is 2.75. The van der Waals surface area contributed by atoms with Crippen LogP contribution in [0.1, 0.15) is 0 Å². The molecule has 0 atom stereocenters. The van der Waals surface area contributed by atoms with Crippen LogP contribution in [-0.2, 0) is 0 Å². The molecule has 1 aromatic heterocycles. The minimum absolute atomic E-state index is 0.422. The van der Waals surface area contributed by atoms with Gasteiger partial charge in [-0.2, -0.15) is 0 Å². The number of fused-ring (bicyclic) bond motifs is 1. The van der Waals surface area contributed by atoms with E-state index in [9.17, 15) is 0 Å². The molecular weight excluding hydrogens is 348 g/mol. The highest BCUT2D eigenvalue weighted by atomic mass is 16.5. The normalized spacial score (nSPS) is 11.6. The van der Waals surface area contributed by atoms with E-state index in [0.29, 0.717) is 11.6 Å². The number of para-hydroxylation sites is 2. The van der Waals surface area contributed by atoms with Crippen LogP contribution in [0.5, 0.6) is 11.5 Å². The van der Waals surface area contributed by atoms with Crippen molar-refractivity contribution in [1.82, 2.24) is 4.98 Å². The zero-order chi connectivity index (χ0) is 19.0. The van der Waals surface area contributed by atoms with Gasteiger partial charge in [-0.25, -0.2) is 4.99 Å². The van der Waals surface area contributed by atoms with Crippen LogP contribution in [0.15, 0.2) is 115 Å². The lowest BCUT2D eigenvalue weighted by atomic mass is 10.2. The lowest BCUT2D eigenvalue weighted by molar-refractivity contribution is 0.479. The minimum atomic E-state index is 0.422. The standard InChI is InChI=1S/C24H18N2O2/c1-3-9-21(10-4-1)27-17-15-24(28-22-11-5-2-6-12-22)26-20-13-14-23-19(18-20)8-7-16-25-23/h1-18H. The molecule has 1 heterocycles. The molecule has 0 saturated heterocycles. The Morgan fingerprint density at radius 2 is 1.54 bits per heavy atom. The largest absolute Gasteiger partial charge is 0.465 e. The molecule has 28 heavy (non-hydrogen) atoms. The summed E-state index contributed by atoms with van der Waals surface area (Å²) in [4.78, 5) is 8.97. The number of nitrogens with zero attached hydrogens (tertiary/aromatic N) is 2. The maximum atomic E-state index is 5.94. The fourth-order valence-corrected chi connectivity index (χ4v) is 2.63. The van der Waals surface area contributed by atoms with Crippen LogP contribution in [0.25, 0.3) is 10.9 Å². The number of aliphatic imine (C=N–C) groups is 1. The molecule has 0 aliphatic rings. The van der Waals surface area contributed by atoms with Gasteiger partial charge in [-0.15, -0.1) is 0 Å². The van der Waals surface area contributed by atoms with E-state index in [1.54, 1.807) is 18.5 Å². The SMILES string of the molecule is C(=CC(=Nc1ccc2ncccc2c1)Oc1ccccc1)Oc1ccccc1. The van der Waals surface area contributed by atoms with Gasteiger partial charge in [-0.1, -0.05) is 42.5 Å². The van der Waals surface area contributed by atoms with Gasteiger partial charge < -0.3 is 9.47 Å². The third kappa shape index (κ3) is 4.62. The molecule has 4 rings (SSSR count). The molecule has 0 bridgehead atoms. The van der Waals surface area contributed by atoms with E-state index in [1.807, 2.05) is 91.0 Å². The molecule has 4 heteroatoms. The maximum Gasteiger partial charge on any atom is 0.222 e. The first-order valence-corrected chi connectivity index (χ1v) is 8.91. The molecule has 0 aliphatic heterocycles. The third-order valence-electron chi connectivity index (χ3n) is 3.95. The van der Waals surface area contributed by atoms with Crippen molar-refractivity contribution in [1.29, 1.82) is 0 Å². The first-order chi connectivity index (χ1) is 13.9. The number of hydrogen-bond acceptors (Lipinski definition) is 4. The highest BCUT2D eigenvalue weighted by molar-refractivity contribution is 5.92. The Hall–Kier alpha value is -3.92. The first-order valence-electron chi connectivity index (χ1n) is 8.91. The summed E-state index contributed by atoms with van der Waals surface area (Å²) >= 11 is 0. The molecule has 0 saturated carbocycles. The Kier molecular flexibility index (Phi) is 5.40. The Labute approximate surface area is 163 Å². The van der Waals surface area contributed by atoms with E-state index in [-0.39, 0.29) is 0 Å². The molecule has 136 valence electrons. The van der Waals surface area contributed by atoms with E-state index in [2.05, 4.69) is 9.98 Å². The molecule has 3 aromatic carbocycles. The van der Waals surface area contributed by atoms with Crippen molar-refractivity contribution in [2.45, 2.75) is 0 Å². The van der Waals surface area contributed by atoms with Crippen molar-refractivity contribution >= 4 is 22.5 Å². The summed E-state index contributed by atoms with van der Waals surface area (Å²) in [6.07, 6.45) is 5.05. The summed E-state index contributed by atoms with van der Waals surface area (Å²) in [7, 11) is 0. The van der Waals surface area contributed by atoms with Gasteiger partial charge in [-0.3, -0.25) is 4.98 Å². The van der Waals surface area contributed by atoms with E-state index < -0.39 is 0 Å². The second-order valence-corrected chi connectivity index (χ2v) is 5.98. The van der Waals surface area contributed by atoms with Gasteiger partial charge >= 0.3 is 0 Å². The second-order valence-electron chi connectivity index (χ2n) is 5.98. The highest BCUT2D eigenvalue weighted by Crippen LogP contribution is 2.21. The van der Waals surface area contributed by atoms with Crippen molar-refractivity contribution in [2.24, 2.45) is 4.99 Å². The Morgan fingerprint density at radius 1 is 0.786 bits per heavy atom. The fraction of sp³-hybridized carbons (Fsp3) is 0. The Balaban J connectivity index is 1.61. The van der Waals surface area contributed by atoms with Gasteiger partial charge in [0.05, 0.1) is 17.5 Å². The van der Waals surface area contributed by atoms with Gasteiger partial charge in [0.15, 0.2) is 0 Å². The summed E-state index contributed by atoms with van der Waals surface area (Å²) < 4.78 is 11.6. The smallest absolute Gasteiger partial charge is 0.222 e. The van der Waals surface area contributed by atoms with Gasteiger partial charge in [0.2, 0.25) is 5.90 Å². The lowest BCUT2D eigenvalue weighted by Crippen LogP contribution is -2.05. The van der Waals surface area contributed by atoms with Gasteiger partial charge in [-0.05, 0) is 48.5 Å². The van der Waals surface area contributed by atoms with Crippen LogP contribution >= 0.6 is 0 Å². The van der Waals surface area contributed by atoms with Crippen LogP contribution < -0.4 is 9.47 Å². The van der Waals surface area contributed by atoms with Crippen molar-refractivity contribution in [2.75, 3.05) is 0 Å². The second kappa shape index (κ2) is 8.64. The predicted octanol–water partition coefficient (Wildman–Crippen LogP) is 5.94. The monoisotopic (exact) mass is 366 g/mol. The number of ether oxygens (including phenoxy) is 2. The van der Waals surface area contributed by atoms with Gasteiger partial charge in [0.25, 0.3) is 0 Å². The molecule has 0 radical (unpaired) electrons. The number of rotatable bonds is 5. The topological polar surface area (TPSA) is 43.7 Å². The number of hydrogen-bond donors (Lipinski definition) is 0. The van der Waals surface area contributed by atoms with Crippen molar-refractivity contribution < 1.29 is 9.47 Å². The average molecular weight is 366 g/mol. The number of benzene rings is 3. The summed E-state index contributed by atoms with van der Waals surface area (Å²) in [6.45, 7) is 0. The Morgan fingerprint density at radius 3 is 2.32 bits per heavy atom. The van der Waals surface area contributed by atoms with Crippen LogP contribution in [0.3, 0.4) is 0 Å². The molecule has 0 amide bonds. The van der Waals surface area contributed by atoms with E-state index in [1.165, 1.54) is 0 Å². The molecule has 0 unspecified atom stereocenters. The summed E-state index contributed by atoms with van der Waals surface area (Å²) in [5, 5.41) is 1.02. The Bertz CT molecular complexity index is 1110. The zero-order valence-electron chi connectivity index (χ0n) is 15.1. The van der Waals surface area contributed by atoms with Gasteiger partial charge in [0, 0.05) is 17.7 Å². The minimum Gasteiger partial charge on any atom is -0.465 e. The number of pyridine rings is 1. The summed E-state index contributed by atoms with van der Waals surface area (Å²) in [5.74, 6) is 1.87. The van der Waals surface area contributed by atoms with Crippen molar-refractivity contribution in [3.05, 3.63) is 110 Å². The van der Waals surface area contributed by atoms with Crippen LogP contribution in [0.4, 0.5) is 5.69 Å². The molecule has 0 fully saturated rings. The predicted molar refractivity (Wildman–Crippen MR) is 112 cm³/mol. The zero-order valence-corrected chi connectivity index (χ0v) is 15.1. The van der Waals surface area contributed by atoms with Crippen molar-refractivity contribution in [3.8, 4) is 11.5 Å². The first kappa shape index (κ1) is 17.5. The molecule has 0 N–H and O–H groups in total.